The molecular formula is C11H10BrFN2O2. The highest BCUT2D eigenvalue weighted by molar-refractivity contribution is 9.08. The van der Waals surface area contributed by atoms with Gasteiger partial charge in [-0.25, -0.2) is 4.39 Å². The topological polar surface area (TPSA) is 59.1 Å². The Morgan fingerprint density at radius 3 is 2.94 bits per heavy atom. The van der Waals surface area contributed by atoms with E-state index in [9.17, 15) is 14.0 Å². The third-order valence-electron chi connectivity index (χ3n) is 2.73. The van der Waals surface area contributed by atoms with Gasteiger partial charge < -0.3 is 0 Å². The first-order chi connectivity index (χ1) is 8.13. The minimum atomic E-state index is -0.545. The van der Waals surface area contributed by atoms with Gasteiger partial charge in [0, 0.05) is 23.5 Å². The van der Waals surface area contributed by atoms with Crippen molar-refractivity contribution < 1.29 is 14.0 Å². The maximum Gasteiger partial charge on any atom is 0.235 e. The van der Waals surface area contributed by atoms with Crippen LogP contribution in [0.5, 0.6) is 0 Å². The van der Waals surface area contributed by atoms with E-state index in [1.807, 2.05) is 0 Å². The molecule has 4 nitrogen and oxygen atoms in total. The quantitative estimate of drug-likeness (QED) is 0.667. The number of piperidine rings is 1. The zero-order valence-electron chi connectivity index (χ0n) is 8.87. The van der Waals surface area contributed by atoms with Gasteiger partial charge in [0.1, 0.15) is 5.82 Å². The summed E-state index contributed by atoms with van der Waals surface area (Å²) >= 11 is 3.18. The highest BCUT2D eigenvalue weighted by Gasteiger charge is 2.31. The molecule has 1 fully saturated rings. The lowest BCUT2D eigenvalue weighted by molar-refractivity contribution is -0.134. The second kappa shape index (κ2) is 4.91. The largest absolute Gasteiger partial charge is 0.296 e. The van der Waals surface area contributed by atoms with Gasteiger partial charge in [-0.2, -0.15) is 0 Å². The lowest BCUT2D eigenvalue weighted by Crippen LogP contribution is -2.40. The van der Waals surface area contributed by atoms with Crippen molar-refractivity contribution in [2.75, 3.05) is 0 Å². The Kier molecular flexibility index (Phi) is 3.51. The van der Waals surface area contributed by atoms with Crippen molar-refractivity contribution in [2.24, 2.45) is 0 Å². The molecule has 6 heteroatoms. The Morgan fingerprint density at radius 1 is 1.53 bits per heavy atom. The van der Waals surface area contributed by atoms with Crippen LogP contribution in [0, 0.1) is 5.82 Å². The monoisotopic (exact) mass is 300 g/mol. The third-order valence-corrected chi connectivity index (χ3v) is 3.30. The van der Waals surface area contributed by atoms with Crippen LogP contribution in [0.4, 0.5) is 4.39 Å². The second-order valence-corrected chi connectivity index (χ2v) is 4.35. The second-order valence-electron chi connectivity index (χ2n) is 3.79. The molecule has 0 bridgehead atoms. The molecule has 1 aliphatic rings. The molecule has 1 N–H and O–H groups in total. The number of imide groups is 1. The maximum atomic E-state index is 13.5. The van der Waals surface area contributed by atoms with Gasteiger partial charge in [0.05, 0.1) is 11.6 Å². The van der Waals surface area contributed by atoms with E-state index in [1.54, 1.807) is 0 Å². The van der Waals surface area contributed by atoms with E-state index in [1.165, 1.54) is 12.3 Å². The van der Waals surface area contributed by atoms with Gasteiger partial charge in [-0.1, -0.05) is 15.9 Å². The molecule has 17 heavy (non-hydrogen) atoms. The van der Waals surface area contributed by atoms with Gasteiger partial charge in [-0.15, -0.1) is 0 Å². The predicted octanol–water partition coefficient (Wildman–Crippen LogP) is 1.64. The summed E-state index contributed by atoms with van der Waals surface area (Å²) in [4.78, 5) is 26.8. The predicted molar refractivity (Wildman–Crippen MR) is 62.0 cm³/mol. The zero-order valence-corrected chi connectivity index (χ0v) is 10.5. The number of alkyl halides is 1. The van der Waals surface area contributed by atoms with Crippen LogP contribution in [0.2, 0.25) is 0 Å². The Morgan fingerprint density at radius 2 is 2.29 bits per heavy atom. The summed E-state index contributed by atoms with van der Waals surface area (Å²) in [5.74, 6) is -1.63. The molecule has 0 spiro atoms. The van der Waals surface area contributed by atoms with E-state index in [2.05, 4.69) is 26.2 Å². The Bertz CT molecular complexity index is 479. The summed E-state index contributed by atoms with van der Waals surface area (Å²) in [7, 11) is 0. The molecule has 0 aromatic carbocycles. The fourth-order valence-electron chi connectivity index (χ4n) is 1.87. The van der Waals surface area contributed by atoms with Gasteiger partial charge >= 0.3 is 0 Å². The Labute approximate surface area is 106 Å². The number of aromatic nitrogens is 1. The summed E-state index contributed by atoms with van der Waals surface area (Å²) in [6.45, 7) is 0. The fourth-order valence-corrected chi connectivity index (χ4v) is 2.43. The number of nitrogens with one attached hydrogen (secondary N) is 1. The van der Waals surface area contributed by atoms with Gasteiger partial charge in [-0.3, -0.25) is 19.9 Å². The fraction of sp³-hybridized carbons (Fsp3) is 0.364. The molecule has 0 aliphatic carbocycles. The van der Waals surface area contributed by atoms with Gasteiger partial charge in [0.2, 0.25) is 11.8 Å². The standard InChI is InChI=1S/C11H10BrFN2O2/c12-5-7-8(13)3-4-14-10(7)6-1-2-9(16)15-11(6)17/h3-4,6H,1-2,5H2,(H,15,16,17). The lowest BCUT2D eigenvalue weighted by atomic mass is 9.92. The normalized spacial score (nSPS) is 20.2. The molecule has 2 amide bonds. The SMILES string of the molecule is O=C1CCC(c2nccc(F)c2CBr)C(=O)N1. The molecule has 1 aliphatic heterocycles. The van der Waals surface area contributed by atoms with E-state index in [0.717, 1.165) is 0 Å². The first kappa shape index (κ1) is 12.2. The van der Waals surface area contributed by atoms with Crippen LogP contribution in [0.15, 0.2) is 12.3 Å². The molecule has 2 heterocycles. The van der Waals surface area contributed by atoms with Crippen molar-refractivity contribution in [1.29, 1.82) is 0 Å². The summed E-state index contributed by atoms with van der Waals surface area (Å²) in [5.41, 5.74) is 0.786. The van der Waals surface area contributed by atoms with E-state index in [4.69, 9.17) is 0 Å². The third kappa shape index (κ3) is 2.36. The number of carbonyl (C=O) groups excluding carboxylic acids is 2. The van der Waals surface area contributed by atoms with Crippen molar-refractivity contribution in [1.82, 2.24) is 10.3 Å². The first-order valence-corrected chi connectivity index (χ1v) is 6.28. The van der Waals surface area contributed by atoms with E-state index in [0.29, 0.717) is 23.0 Å². The van der Waals surface area contributed by atoms with Gasteiger partial charge in [0.25, 0.3) is 0 Å². The van der Waals surface area contributed by atoms with E-state index >= 15 is 0 Å². The van der Waals surface area contributed by atoms with Crippen LogP contribution >= 0.6 is 15.9 Å². The average molecular weight is 301 g/mol. The highest BCUT2D eigenvalue weighted by atomic mass is 79.9. The maximum absolute atomic E-state index is 13.5. The van der Waals surface area contributed by atoms with Crippen LogP contribution in [-0.2, 0) is 14.9 Å². The van der Waals surface area contributed by atoms with Crippen molar-refractivity contribution in [3.8, 4) is 0 Å². The average Bonchev–Trinajstić information content (AvgIpc) is 2.29. The number of rotatable bonds is 2. The lowest BCUT2D eigenvalue weighted by Gasteiger charge is -2.22. The summed E-state index contributed by atoms with van der Waals surface area (Å²) in [6, 6.07) is 1.26. The highest BCUT2D eigenvalue weighted by Crippen LogP contribution is 2.28. The first-order valence-electron chi connectivity index (χ1n) is 5.16. The number of amides is 2. The Hall–Kier alpha value is -1.30. The summed E-state index contributed by atoms with van der Waals surface area (Å²) in [5, 5.41) is 2.53. The molecule has 1 atom stereocenters. The molecule has 1 unspecified atom stereocenters. The van der Waals surface area contributed by atoms with Crippen LogP contribution < -0.4 is 5.32 Å². The molecule has 1 aromatic heterocycles. The number of halogens is 2. The number of nitrogens with zero attached hydrogens (tertiary/aromatic N) is 1. The number of hydrogen-bond donors (Lipinski definition) is 1. The summed E-state index contributed by atoms with van der Waals surface area (Å²) in [6.07, 6.45) is 1.97. The number of hydrogen-bond acceptors (Lipinski definition) is 3. The van der Waals surface area contributed by atoms with Crippen molar-refractivity contribution in [3.05, 3.63) is 29.3 Å². The Balaban J connectivity index is 2.37. The van der Waals surface area contributed by atoms with Crippen LogP contribution in [0.1, 0.15) is 30.0 Å². The van der Waals surface area contributed by atoms with Crippen LogP contribution in [0.25, 0.3) is 0 Å². The van der Waals surface area contributed by atoms with E-state index in [-0.39, 0.29) is 12.3 Å². The van der Waals surface area contributed by atoms with Gasteiger partial charge in [0.15, 0.2) is 0 Å². The molecule has 0 radical (unpaired) electrons. The molecule has 90 valence electrons. The molecular weight excluding hydrogens is 291 g/mol. The number of pyridine rings is 1. The zero-order chi connectivity index (χ0) is 12.4. The summed E-state index contributed by atoms with van der Waals surface area (Å²) < 4.78 is 13.5. The van der Waals surface area contributed by atoms with Crippen LogP contribution in [0.3, 0.4) is 0 Å². The van der Waals surface area contributed by atoms with Crippen molar-refractivity contribution in [2.45, 2.75) is 24.1 Å². The van der Waals surface area contributed by atoms with E-state index < -0.39 is 17.6 Å². The van der Waals surface area contributed by atoms with Gasteiger partial charge in [-0.05, 0) is 12.5 Å². The molecule has 0 saturated carbocycles. The minimum absolute atomic E-state index is 0.260. The molecule has 1 aromatic rings. The van der Waals surface area contributed by atoms with Crippen molar-refractivity contribution >= 4 is 27.7 Å². The van der Waals surface area contributed by atoms with Crippen LogP contribution in [-0.4, -0.2) is 16.8 Å². The number of carbonyl (C=O) groups is 2. The molecule has 2 rings (SSSR count). The van der Waals surface area contributed by atoms with Crippen molar-refractivity contribution in [3.63, 3.8) is 0 Å². The molecule has 1 saturated heterocycles. The smallest absolute Gasteiger partial charge is 0.235 e. The minimum Gasteiger partial charge on any atom is -0.296 e.